The predicted molar refractivity (Wildman–Crippen MR) is 80.6 cm³/mol. The average molecular weight is 296 g/mol. The van der Waals surface area contributed by atoms with Gasteiger partial charge in [0.2, 0.25) is 0 Å². The van der Waals surface area contributed by atoms with E-state index >= 15 is 0 Å². The monoisotopic (exact) mass is 296 g/mol. The molecule has 110 valence electrons. The van der Waals surface area contributed by atoms with Gasteiger partial charge in [-0.25, -0.2) is 0 Å². The number of nitrogens with zero attached hydrogens (tertiary/aromatic N) is 1. The average Bonchev–Trinajstić information content (AvgIpc) is 2.40. The number of aryl methyl sites for hydroxylation is 1. The number of aliphatic hydroxyl groups is 1. The number of anilines is 1. The second-order valence-electron chi connectivity index (χ2n) is 4.39. The van der Waals surface area contributed by atoms with E-state index in [1.54, 1.807) is 12.1 Å². The van der Waals surface area contributed by atoms with Crippen molar-refractivity contribution in [1.29, 1.82) is 0 Å². The van der Waals surface area contributed by atoms with E-state index in [1.165, 1.54) is 14.1 Å². The lowest BCUT2D eigenvalue weighted by atomic mass is 10.1. The summed E-state index contributed by atoms with van der Waals surface area (Å²) in [5.41, 5.74) is 2.25. The molecule has 0 unspecified atom stereocenters. The lowest BCUT2D eigenvalue weighted by molar-refractivity contribution is 0.305. The molecule has 1 aromatic rings. The van der Waals surface area contributed by atoms with Crippen LogP contribution in [0.15, 0.2) is 18.2 Å². The molecule has 20 heavy (non-hydrogen) atoms. The fraction of sp³-hybridized carbons (Fsp3) is 0.429. The van der Waals surface area contributed by atoms with Gasteiger partial charge >= 0.3 is 10.2 Å². The molecule has 0 aliphatic rings. The SMILES string of the molecule is CCc1cc(C#CCCO)ccc1NS(=O)(=O)N(C)C. The van der Waals surface area contributed by atoms with Crippen LogP contribution in [-0.2, 0) is 16.6 Å². The van der Waals surface area contributed by atoms with Gasteiger partial charge in [-0.3, -0.25) is 4.72 Å². The van der Waals surface area contributed by atoms with E-state index in [0.717, 1.165) is 15.4 Å². The first-order chi connectivity index (χ1) is 9.40. The van der Waals surface area contributed by atoms with Gasteiger partial charge in [-0.1, -0.05) is 18.8 Å². The summed E-state index contributed by atoms with van der Waals surface area (Å²) in [5.74, 6) is 5.78. The first-order valence-electron chi connectivity index (χ1n) is 6.33. The van der Waals surface area contributed by atoms with E-state index in [2.05, 4.69) is 16.6 Å². The second-order valence-corrected chi connectivity index (χ2v) is 6.27. The summed E-state index contributed by atoms with van der Waals surface area (Å²) in [5, 5.41) is 8.68. The first kappa shape index (κ1) is 16.5. The zero-order chi connectivity index (χ0) is 15.2. The minimum Gasteiger partial charge on any atom is -0.395 e. The van der Waals surface area contributed by atoms with Gasteiger partial charge in [0, 0.05) is 26.1 Å². The molecule has 5 nitrogen and oxygen atoms in total. The molecule has 0 aliphatic heterocycles. The fourth-order valence-electron chi connectivity index (χ4n) is 1.51. The number of hydrogen-bond donors (Lipinski definition) is 2. The van der Waals surface area contributed by atoms with Gasteiger partial charge in [0.15, 0.2) is 0 Å². The maximum absolute atomic E-state index is 11.8. The number of rotatable bonds is 5. The third kappa shape index (κ3) is 4.53. The van der Waals surface area contributed by atoms with Crippen LogP contribution < -0.4 is 4.72 Å². The van der Waals surface area contributed by atoms with Crippen molar-refractivity contribution in [2.75, 3.05) is 25.4 Å². The zero-order valence-electron chi connectivity index (χ0n) is 12.0. The Morgan fingerprint density at radius 3 is 2.60 bits per heavy atom. The summed E-state index contributed by atoms with van der Waals surface area (Å²) in [6.45, 7) is 1.99. The van der Waals surface area contributed by atoms with Crippen LogP contribution in [0.4, 0.5) is 5.69 Å². The highest BCUT2D eigenvalue weighted by Gasteiger charge is 2.14. The third-order valence-corrected chi connectivity index (χ3v) is 4.11. The zero-order valence-corrected chi connectivity index (χ0v) is 12.8. The number of hydrogen-bond acceptors (Lipinski definition) is 3. The molecule has 1 aromatic carbocycles. The summed E-state index contributed by atoms with van der Waals surface area (Å²) in [4.78, 5) is 0. The van der Waals surface area contributed by atoms with Crippen LogP contribution in [0, 0.1) is 11.8 Å². The van der Waals surface area contributed by atoms with Crippen molar-refractivity contribution < 1.29 is 13.5 Å². The summed E-state index contributed by atoms with van der Waals surface area (Å²) in [6, 6.07) is 5.33. The van der Waals surface area contributed by atoms with Crippen LogP contribution in [0.3, 0.4) is 0 Å². The van der Waals surface area contributed by atoms with E-state index in [0.29, 0.717) is 18.5 Å². The van der Waals surface area contributed by atoms with Crippen LogP contribution >= 0.6 is 0 Å². The van der Waals surface area contributed by atoms with Gasteiger partial charge in [-0.05, 0) is 30.2 Å². The molecule has 2 N–H and O–H groups in total. The molecule has 0 aliphatic carbocycles. The van der Waals surface area contributed by atoms with Gasteiger partial charge in [0.05, 0.1) is 12.3 Å². The summed E-state index contributed by atoms with van der Waals surface area (Å²) in [7, 11) is -0.554. The molecule has 0 amide bonds. The molecule has 0 bridgehead atoms. The smallest absolute Gasteiger partial charge is 0.301 e. The van der Waals surface area contributed by atoms with E-state index in [9.17, 15) is 8.42 Å². The Bertz CT molecular complexity index is 613. The number of nitrogens with one attached hydrogen (secondary N) is 1. The Hall–Kier alpha value is -1.55. The van der Waals surface area contributed by atoms with Gasteiger partial charge in [0.1, 0.15) is 0 Å². The molecule has 0 atom stereocenters. The highest BCUT2D eigenvalue weighted by atomic mass is 32.2. The van der Waals surface area contributed by atoms with Crippen LogP contribution in [0.2, 0.25) is 0 Å². The summed E-state index contributed by atoms with van der Waals surface area (Å²) in [6.07, 6.45) is 1.12. The molecule has 0 saturated carbocycles. The Kier molecular flexibility index (Phi) is 6.02. The van der Waals surface area contributed by atoms with E-state index in [1.807, 2.05) is 13.0 Å². The Balaban J connectivity index is 3.04. The maximum Gasteiger partial charge on any atom is 0.301 e. The Labute approximate surface area is 120 Å². The Morgan fingerprint density at radius 1 is 1.35 bits per heavy atom. The summed E-state index contributed by atoms with van der Waals surface area (Å²) < 4.78 is 27.3. The van der Waals surface area contributed by atoms with Crippen LogP contribution in [0.1, 0.15) is 24.5 Å². The van der Waals surface area contributed by atoms with Crippen molar-refractivity contribution in [3.63, 3.8) is 0 Å². The van der Waals surface area contributed by atoms with Crippen LogP contribution in [0.5, 0.6) is 0 Å². The predicted octanol–water partition coefficient (Wildman–Crippen LogP) is 1.20. The molecule has 0 spiro atoms. The van der Waals surface area contributed by atoms with E-state index in [4.69, 9.17) is 5.11 Å². The molecule has 6 heteroatoms. The summed E-state index contributed by atoms with van der Waals surface area (Å²) >= 11 is 0. The molecule has 0 heterocycles. The van der Waals surface area contributed by atoms with Gasteiger partial charge in [-0.2, -0.15) is 12.7 Å². The highest BCUT2D eigenvalue weighted by Crippen LogP contribution is 2.19. The largest absolute Gasteiger partial charge is 0.395 e. The fourth-order valence-corrected chi connectivity index (χ4v) is 2.17. The Morgan fingerprint density at radius 2 is 2.05 bits per heavy atom. The quantitative estimate of drug-likeness (QED) is 0.802. The highest BCUT2D eigenvalue weighted by molar-refractivity contribution is 7.90. The van der Waals surface area contributed by atoms with Crippen molar-refractivity contribution in [3.8, 4) is 11.8 Å². The molecule has 0 fully saturated rings. The molecule has 0 saturated heterocycles. The number of aliphatic hydroxyl groups excluding tert-OH is 1. The molecular weight excluding hydrogens is 276 g/mol. The molecular formula is C14H20N2O3S. The van der Waals surface area contributed by atoms with Gasteiger partial charge in [0.25, 0.3) is 0 Å². The minimum atomic E-state index is -3.50. The lowest BCUT2D eigenvalue weighted by Crippen LogP contribution is -2.29. The van der Waals surface area contributed by atoms with Gasteiger partial charge < -0.3 is 5.11 Å². The van der Waals surface area contributed by atoms with Crippen LogP contribution in [-0.4, -0.2) is 38.5 Å². The van der Waals surface area contributed by atoms with Gasteiger partial charge in [-0.15, -0.1) is 0 Å². The number of benzene rings is 1. The van der Waals surface area contributed by atoms with E-state index in [-0.39, 0.29) is 6.61 Å². The molecule has 1 rings (SSSR count). The standard InChI is InChI=1S/C14H20N2O3S/c1-4-13-11-12(7-5-6-10-17)8-9-14(13)15-20(18,19)16(2)3/h8-9,11,15,17H,4,6,10H2,1-3H3. The van der Waals surface area contributed by atoms with Crippen molar-refractivity contribution in [2.45, 2.75) is 19.8 Å². The molecule has 0 aromatic heterocycles. The van der Waals surface area contributed by atoms with Crippen LogP contribution in [0.25, 0.3) is 0 Å². The maximum atomic E-state index is 11.8. The second kappa shape index (κ2) is 7.29. The minimum absolute atomic E-state index is 0.0361. The van der Waals surface area contributed by atoms with E-state index < -0.39 is 10.2 Å². The van der Waals surface area contributed by atoms with Crippen molar-refractivity contribution >= 4 is 15.9 Å². The topological polar surface area (TPSA) is 69.6 Å². The van der Waals surface area contributed by atoms with Crippen molar-refractivity contribution in [1.82, 2.24) is 4.31 Å². The normalized spacial score (nSPS) is 11.1. The first-order valence-corrected chi connectivity index (χ1v) is 7.77. The molecule has 0 radical (unpaired) electrons. The lowest BCUT2D eigenvalue weighted by Gasteiger charge is -2.16. The van der Waals surface area contributed by atoms with Crippen molar-refractivity contribution in [3.05, 3.63) is 29.3 Å². The van der Waals surface area contributed by atoms with Crippen molar-refractivity contribution in [2.24, 2.45) is 0 Å². The third-order valence-electron chi connectivity index (χ3n) is 2.68.